The van der Waals surface area contributed by atoms with Gasteiger partial charge in [-0.2, -0.15) is 0 Å². The van der Waals surface area contributed by atoms with E-state index in [1.54, 1.807) is 0 Å². The Labute approximate surface area is 146 Å². The van der Waals surface area contributed by atoms with E-state index in [2.05, 4.69) is 30.3 Å². The van der Waals surface area contributed by atoms with E-state index in [9.17, 15) is 0 Å². The van der Waals surface area contributed by atoms with E-state index in [4.69, 9.17) is 13.3 Å². The molecule has 0 aliphatic heterocycles. The van der Waals surface area contributed by atoms with Crippen LogP contribution in [0.4, 0.5) is 0 Å². The smallest absolute Gasteiger partial charge is 0.370 e. The van der Waals surface area contributed by atoms with Gasteiger partial charge in [0.25, 0.3) is 0 Å². The van der Waals surface area contributed by atoms with Crippen LogP contribution >= 0.6 is 0 Å². The molecule has 0 aliphatic carbocycles. The molecule has 2 rings (SSSR count). The summed E-state index contributed by atoms with van der Waals surface area (Å²) in [5.74, 6) is 0. The molecule has 0 unspecified atom stereocenters. The van der Waals surface area contributed by atoms with Gasteiger partial charge in [0, 0.05) is 25.0 Å². The second-order valence-electron chi connectivity index (χ2n) is 5.19. The van der Waals surface area contributed by atoms with Crippen molar-refractivity contribution in [2.75, 3.05) is 19.8 Å². The van der Waals surface area contributed by atoms with Crippen LogP contribution in [0.3, 0.4) is 0 Å². The molecule has 0 atom stereocenters. The number of benzene rings is 2. The second kappa shape index (κ2) is 9.54. The topological polar surface area (TPSA) is 27.7 Å². The van der Waals surface area contributed by atoms with Crippen LogP contribution in [-0.4, -0.2) is 28.6 Å². The lowest BCUT2D eigenvalue weighted by Gasteiger charge is -2.31. The first-order valence-electron chi connectivity index (χ1n) is 8.50. The van der Waals surface area contributed by atoms with Gasteiger partial charge in [-0.25, -0.2) is 0 Å². The molecule has 0 heterocycles. The molecule has 4 heteroatoms. The molecular formula is C20H26O3Si. The summed E-state index contributed by atoms with van der Waals surface area (Å²) in [5.41, 5.74) is 2.18. The standard InChI is InChI=1S/C20H26O3Si/c1-4-21-24(22-5-2,23-6-3)20(19-15-11-8-12-16-19)17-18-13-9-7-10-14-18/h7-17H,4-6H2,1-3H3/b20-17-. The van der Waals surface area contributed by atoms with Gasteiger partial charge in [-0.1, -0.05) is 60.7 Å². The maximum atomic E-state index is 6.13. The summed E-state index contributed by atoms with van der Waals surface area (Å²) in [6.45, 7) is 7.57. The lowest BCUT2D eigenvalue weighted by Crippen LogP contribution is -2.47. The molecule has 0 fully saturated rings. The predicted octanol–water partition coefficient (Wildman–Crippen LogP) is 4.81. The largest absolute Gasteiger partial charge is 0.537 e. The third kappa shape index (κ3) is 4.64. The first-order chi connectivity index (χ1) is 11.8. The number of hydrogen-bond acceptors (Lipinski definition) is 3. The zero-order valence-electron chi connectivity index (χ0n) is 14.7. The highest BCUT2D eigenvalue weighted by Gasteiger charge is 2.45. The van der Waals surface area contributed by atoms with Gasteiger partial charge in [-0.3, -0.25) is 0 Å². The fraction of sp³-hybridized carbons (Fsp3) is 0.300. The van der Waals surface area contributed by atoms with Gasteiger partial charge in [0.05, 0.1) is 0 Å². The molecule has 0 N–H and O–H groups in total. The Kier molecular flexibility index (Phi) is 7.40. The van der Waals surface area contributed by atoms with Crippen LogP contribution in [-0.2, 0) is 13.3 Å². The van der Waals surface area contributed by atoms with Gasteiger partial charge < -0.3 is 13.3 Å². The van der Waals surface area contributed by atoms with Crippen molar-refractivity contribution in [3.63, 3.8) is 0 Å². The average molecular weight is 343 g/mol. The Balaban J connectivity index is 2.59. The van der Waals surface area contributed by atoms with Crippen molar-refractivity contribution in [2.45, 2.75) is 20.8 Å². The van der Waals surface area contributed by atoms with Crippen molar-refractivity contribution in [1.29, 1.82) is 0 Å². The zero-order chi connectivity index (χ0) is 17.3. The van der Waals surface area contributed by atoms with Crippen LogP contribution in [0.1, 0.15) is 31.9 Å². The molecule has 128 valence electrons. The summed E-state index contributed by atoms with van der Waals surface area (Å²) < 4.78 is 18.4. The van der Waals surface area contributed by atoms with Gasteiger partial charge in [-0.15, -0.1) is 0 Å². The molecule has 0 bridgehead atoms. The van der Waals surface area contributed by atoms with E-state index in [1.165, 1.54) is 0 Å². The van der Waals surface area contributed by atoms with Crippen molar-refractivity contribution in [1.82, 2.24) is 0 Å². The molecule has 0 spiro atoms. The summed E-state index contributed by atoms with van der Waals surface area (Å²) in [4.78, 5) is 0. The zero-order valence-corrected chi connectivity index (χ0v) is 15.7. The van der Waals surface area contributed by atoms with Gasteiger partial charge in [0.1, 0.15) is 0 Å². The molecule has 3 nitrogen and oxygen atoms in total. The van der Waals surface area contributed by atoms with E-state index in [1.807, 2.05) is 57.2 Å². The fourth-order valence-corrected chi connectivity index (χ4v) is 5.33. The van der Waals surface area contributed by atoms with Crippen molar-refractivity contribution in [3.05, 3.63) is 71.8 Å². The summed E-state index contributed by atoms with van der Waals surface area (Å²) in [6, 6.07) is 20.4. The highest BCUT2D eigenvalue weighted by molar-refractivity contribution is 6.82. The van der Waals surface area contributed by atoms with Crippen LogP contribution in [0.15, 0.2) is 60.7 Å². The first-order valence-corrected chi connectivity index (χ1v) is 10.2. The molecule has 0 aliphatic rings. The molecule has 2 aromatic carbocycles. The summed E-state index contributed by atoms with van der Waals surface area (Å²) >= 11 is 0. The van der Waals surface area contributed by atoms with Crippen LogP contribution in [0.25, 0.3) is 11.3 Å². The van der Waals surface area contributed by atoms with Crippen LogP contribution in [0.5, 0.6) is 0 Å². The minimum Gasteiger partial charge on any atom is -0.370 e. The third-order valence-corrected chi connectivity index (χ3v) is 6.63. The summed E-state index contributed by atoms with van der Waals surface area (Å²) in [5, 5.41) is 1.000. The highest BCUT2D eigenvalue weighted by Crippen LogP contribution is 2.31. The summed E-state index contributed by atoms with van der Waals surface area (Å²) in [6.07, 6.45) is 2.13. The molecule has 24 heavy (non-hydrogen) atoms. The Morgan fingerprint density at radius 1 is 0.750 bits per heavy atom. The predicted molar refractivity (Wildman–Crippen MR) is 101 cm³/mol. The van der Waals surface area contributed by atoms with E-state index in [0.717, 1.165) is 16.3 Å². The fourth-order valence-electron chi connectivity index (χ4n) is 2.61. The molecule has 0 saturated heterocycles. The quantitative estimate of drug-likeness (QED) is 0.483. The molecule has 0 radical (unpaired) electrons. The van der Waals surface area contributed by atoms with Crippen LogP contribution in [0.2, 0.25) is 0 Å². The average Bonchev–Trinajstić information content (AvgIpc) is 2.62. The van der Waals surface area contributed by atoms with Crippen LogP contribution in [0, 0.1) is 0 Å². The van der Waals surface area contributed by atoms with E-state index in [0.29, 0.717) is 19.8 Å². The Hall–Kier alpha value is -1.72. The van der Waals surface area contributed by atoms with Crippen LogP contribution < -0.4 is 0 Å². The lowest BCUT2D eigenvalue weighted by molar-refractivity contribution is 0.0873. The Morgan fingerprint density at radius 3 is 1.67 bits per heavy atom. The molecule has 0 aromatic heterocycles. The highest BCUT2D eigenvalue weighted by atomic mass is 28.4. The molecular weight excluding hydrogens is 316 g/mol. The van der Waals surface area contributed by atoms with Crippen molar-refractivity contribution < 1.29 is 13.3 Å². The molecule has 0 saturated carbocycles. The van der Waals surface area contributed by atoms with E-state index >= 15 is 0 Å². The summed E-state index contributed by atoms with van der Waals surface area (Å²) in [7, 11) is -2.99. The van der Waals surface area contributed by atoms with E-state index in [-0.39, 0.29) is 0 Å². The van der Waals surface area contributed by atoms with Gasteiger partial charge in [-0.05, 0) is 38.0 Å². The number of hydrogen-bond donors (Lipinski definition) is 0. The molecule has 0 amide bonds. The van der Waals surface area contributed by atoms with Crippen molar-refractivity contribution in [2.24, 2.45) is 0 Å². The van der Waals surface area contributed by atoms with E-state index < -0.39 is 8.80 Å². The Bertz CT molecular complexity index is 609. The SMILES string of the molecule is CCO[Si](OCC)(OCC)/C(=C\c1ccccc1)c1ccccc1. The van der Waals surface area contributed by atoms with Gasteiger partial charge in [0.15, 0.2) is 0 Å². The maximum Gasteiger partial charge on any atom is 0.537 e. The third-order valence-electron chi connectivity index (χ3n) is 3.53. The van der Waals surface area contributed by atoms with Gasteiger partial charge in [0.2, 0.25) is 0 Å². The first kappa shape index (κ1) is 18.6. The second-order valence-corrected chi connectivity index (χ2v) is 7.71. The molecule has 2 aromatic rings. The monoisotopic (exact) mass is 342 g/mol. The Morgan fingerprint density at radius 2 is 1.21 bits per heavy atom. The normalized spacial score (nSPS) is 12.4. The van der Waals surface area contributed by atoms with Gasteiger partial charge >= 0.3 is 8.80 Å². The number of rotatable bonds is 9. The maximum absolute atomic E-state index is 6.13. The van der Waals surface area contributed by atoms with Crippen molar-refractivity contribution >= 4 is 20.1 Å². The van der Waals surface area contributed by atoms with Crippen molar-refractivity contribution in [3.8, 4) is 0 Å². The lowest BCUT2D eigenvalue weighted by atomic mass is 10.1. The minimum absolute atomic E-state index is 0.547. The minimum atomic E-state index is -2.99.